The van der Waals surface area contributed by atoms with Crippen molar-refractivity contribution in [2.75, 3.05) is 11.1 Å². The van der Waals surface area contributed by atoms with Gasteiger partial charge >= 0.3 is 0 Å². The van der Waals surface area contributed by atoms with Crippen molar-refractivity contribution < 1.29 is 0 Å². The molecule has 0 aliphatic heterocycles. The molecule has 0 bridgehead atoms. The molecule has 3 N–H and O–H groups in total. The molecule has 0 amide bonds. The number of allylic oxidation sites excluding steroid dienone is 1. The topological polar surface area (TPSA) is 131 Å². The van der Waals surface area contributed by atoms with Gasteiger partial charge in [-0.2, -0.15) is 25.3 Å². The Labute approximate surface area is 201 Å². The van der Waals surface area contributed by atoms with Gasteiger partial charge in [-0.15, -0.1) is 0 Å². The number of hydrogen-bond donors (Lipinski definition) is 2. The molecule has 0 unspecified atom stereocenters. The minimum atomic E-state index is 0.00189. The summed E-state index contributed by atoms with van der Waals surface area (Å²) in [7, 11) is 0. The summed E-state index contributed by atoms with van der Waals surface area (Å²) in [6, 6.07) is 25.1. The van der Waals surface area contributed by atoms with Gasteiger partial charge in [0.15, 0.2) is 5.82 Å². The zero-order valence-corrected chi connectivity index (χ0v) is 18.4. The van der Waals surface area contributed by atoms with E-state index in [9.17, 15) is 5.26 Å². The number of benzene rings is 2. The molecule has 0 saturated carbocycles. The summed E-state index contributed by atoms with van der Waals surface area (Å²) in [4.78, 5) is 17.0. The van der Waals surface area contributed by atoms with Gasteiger partial charge in [-0.25, -0.2) is 4.68 Å². The highest BCUT2D eigenvalue weighted by Crippen LogP contribution is 2.27. The van der Waals surface area contributed by atoms with Gasteiger partial charge in [-0.3, -0.25) is 4.98 Å². The molecule has 9 heteroatoms. The molecule has 0 spiro atoms. The number of pyridine rings is 1. The van der Waals surface area contributed by atoms with Crippen LogP contribution in [0.25, 0.3) is 28.6 Å². The molecule has 3 aromatic heterocycles. The third-order valence-electron chi connectivity index (χ3n) is 5.04. The Morgan fingerprint density at radius 1 is 0.943 bits per heavy atom. The summed E-state index contributed by atoms with van der Waals surface area (Å²) in [5.41, 5.74) is 10.0. The van der Waals surface area contributed by atoms with E-state index in [-0.39, 0.29) is 23.3 Å². The smallest absolute Gasteiger partial charge is 0.232 e. The van der Waals surface area contributed by atoms with Crippen molar-refractivity contribution >= 4 is 29.2 Å². The van der Waals surface area contributed by atoms with Crippen LogP contribution in [0, 0.1) is 11.3 Å². The first-order valence-electron chi connectivity index (χ1n) is 10.7. The summed E-state index contributed by atoms with van der Waals surface area (Å²) < 4.78 is 1.76. The Kier molecular flexibility index (Phi) is 5.92. The van der Waals surface area contributed by atoms with Crippen molar-refractivity contribution in [2.45, 2.75) is 0 Å². The molecule has 3 heterocycles. The third-order valence-corrected chi connectivity index (χ3v) is 5.04. The van der Waals surface area contributed by atoms with Gasteiger partial charge in [0.2, 0.25) is 11.9 Å². The Bertz CT molecular complexity index is 1520. The molecule has 0 aliphatic carbocycles. The number of rotatable bonds is 6. The predicted octanol–water partition coefficient (Wildman–Crippen LogP) is 4.51. The van der Waals surface area contributed by atoms with E-state index in [1.165, 1.54) is 0 Å². The minimum absolute atomic E-state index is 0.00189. The van der Waals surface area contributed by atoms with Crippen LogP contribution in [0.4, 0.5) is 17.6 Å². The fourth-order valence-electron chi connectivity index (χ4n) is 3.45. The van der Waals surface area contributed by atoms with Crippen molar-refractivity contribution in [3.8, 4) is 23.0 Å². The lowest BCUT2D eigenvalue weighted by Crippen LogP contribution is -2.06. The van der Waals surface area contributed by atoms with Gasteiger partial charge < -0.3 is 11.1 Å². The van der Waals surface area contributed by atoms with Crippen LogP contribution >= 0.6 is 0 Å². The van der Waals surface area contributed by atoms with Crippen molar-refractivity contribution in [2.24, 2.45) is 0 Å². The van der Waals surface area contributed by atoms with Crippen LogP contribution in [0.1, 0.15) is 11.4 Å². The van der Waals surface area contributed by atoms with Gasteiger partial charge in [0.05, 0.1) is 11.3 Å². The molecule has 0 aliphatic rings. The van der Waals surface area contributed by atoms with Gasteiger partial charge in [-0.05, 0) is 42.5 Å². The molecule has 35 heavy (non-hydrogen) atoms. The number of nitriles is 1. The van der Waals surface area contributed by atoms with Crippen LogP contribution in [-0.2, 0) is 0 Å². The fourth-order valence-corrected chi connectivity index (χ4v) is 3.45. The standard InChI is InChI=1S/C26H19N9/c27-15-19(24-31-25(28)33-26(32-24)30-21-9-3-1-4-10-21)14-20-17-35(22-11-5-2-6-12-22)34-23(20)18-8-7-13-29-16-18/h1-14,16-17H,(H3,28,30,31,32,33)/b19-14+. The molecule has 168 valence electrons. The highest BCUT2D eigenvalue weighted by atomic mass is 15.3. The molecule has 2 aromatic carbocycles. The number of anilines is 3. The number of para-hydroxylation sites is 2. The molecule has 0 saturated heterocycles. The van der Waals surface area contributed by atoms with E-state index in [1.54, 1.807) is 23.2 Å². The monoisotopic (exact) mass is 457 g/mol. The van der Waals surface area contributed by atoms with E-state index >= 15 is 0 Å². The summed E-state index contributed by atoms with van der Waals surface area (Å²) >= 11 is 0. The molecule has 5 aromatic rings. The Morgan fingerprint density at radius 3 is 2.43 bits per heavy atom. The fraction of sp³-hybridized carbons (Fsp3) is 0. The van der Waals surface area contributed by atoms with Crippen molar-refractivity contribution in [1.29, 1.82) is 5.26 Å². The van der Waals surface area contributed by atoms with E-state index in [0.29, 0.717) is 11.3 Å². The maximum absolute atomic E-state index is 9.98. The zero-order valence-electron chi connectivity index (χ0n) is 18.4. The van der Waals surface area contributed by atoms with Crippen LogP contribution in [-0.4, -0.2) is 29.7 Å². The molecular weight excluding hydrogens is 438 g/mol. The Morgan fingerprint density at radius 2 is 1.71 bits per heavy atom. The van der Waals surface area contributed by atoms with Gasteiger partial charge in [0, 0.05) is 35.4 Å². The molecule has 0 radical (unpaired) electrons. The zero-order chi connectivity index (χ0) is 24.0. The number of nitrogen functional groups attached to an aromatic ring is 1. The van der Waals surface area contributed by atoms with Crippen molar-refractivity contribution in [1.82, 2.24) is 29.7 Å². The number of nitrogens with one attached hydrogen (secondary N) is 1. The molecule has 9 nitrogen and oxygen atoms in total. The first kappa shape index (κ1) is 21.5. The van der Waals surface area contributed by atoms with E-state index in [0.717, 1.165) is 16.9 Å². The Hall–Kier alpha value is -5.36. The van der Waals surface area contributed by atoms with Crippen LogP contribution in [0.3, 0.4) is 0 Å². The summed E-state index contributed by atoms with van der Waals surface area (Å²) in [6.45, 7) is 0. The first-order valence-corrected chi connectivity index (χ1v) is 10.7. The maximum Gasteiger partial charge on any atom is 0.232 e. The second kappa shape index (κ2) is 9.64. The maximum atomic E-state index is 9.98. The molecule has 0 atom stereocenters. The lowest BCUT2D eigenvalue weighted by atomic mass is 10.1. The lowest BCUT2D eigenvalue weighted by Gasteiger charge is -2.07. The van der Waals surface area contributed by atoms with E-state index < -0.39 is 0 Å². The predicted molar refractivity (Wildman–Crippen MR) is 134 cm³/mol. The second-order valence-electron chi connectivity index (χ2n) is 7.46. The minimum Gasteiger partial charge on any atom is -0.368 e. The highest BCUT2D eigenvalue weighted by molar-refractivity contribution is 5.90. The van der Waals surface area contributed by atoms with E-state index in [2.05, 4.69) is 31.3 Å². The van der Waals surface area contributed by atoms with E-state index in [1.807, 2.05) is 79.0 Å². The van der Waals surface area contributed by atoms with E-state index in [4.69, 9.17) is 10.8 Å². The Balaban J connectivity index is 1.58. The summed E-state index contributed by atoms with van der Waals surface area (Å²) in [5.74, 6) is 0.400. The van der Waals surface area contributed by atoms with Crippen LogP contribution < -0.4 is 11.1 Å². The number of nitrogens with zero attached hydrogens (tertiary/aromatic N) is 7. The SMILES string of the molecule is N#C/C(=C\c1cn(-c2ccccc2)nc1-c1cccnc1)c1nc(N)nc(Nc2ccccc2)n1. The molecule has 0 fully saturated rings. The van der Waals surface area contributed by atoms with Crippen LogP contribution in [0.2, 0.25) is 0 Å². The van der Waals surface area contributed by atoms with Crippen molar-refractivity contribution in [3.63, 3.8) is 0 Å². The largest absolute Gasteiger partial charge is 0.368 e. The average molecular weight is 458 g/mol. The number of nitrogens with two attached hydrogens (primary N) is 1. The normalized spacial score (nSPS) is 11.1. The highest BCUT2D eigenvalue weighted by Gasteiger charge is 2.15. The third kappa shape index (κ3) is 4.86. The molecule has 5 rings (SSSR count). The first-order chi connectivity index (χ1) is 17.2. The quantitative estimate of drug-likeness (QED) is 0.356. The summed E-state index contributed by atoms with van der Waals surface area (Å²) in [5, 5.41) is 17.8. The second-order valence-corrected chi connectivity index (χ2v) is 7.46. The number of aromatic nitrogens is 6. The lowest BCUT2D eigenvalue weighted by molar-refractivity contribution is 0.884. The van der Waals surface area contributed by atoms with Crippen molar-refractivity contribution in [3.05, 3.63) is 103 Å². The van der Waals surface area contributed by atoms with Gasteiger partial charge in [-0.1, -0.05) is 36.4 Å². The summed E-state index contributed by atoms with van der Waals surface area (Å²) in [6.07, 6.45) is 6.96. The number of hydrogen-bond acceptors (Lipinski definition) is 8. The molecular formula is C26H19N9. The average Bonchev–Trinajstić information content (AvgIpc) is 3.32. The van der Waals surface area contributed by atoms with Crippen LogP contribution in [0.5, 0.6) is 0 Å². The van der Waals surface area contributed by atoms with Gasteiger partial charge in [0.1, 0.15) is 11.8 Å². The van der Waals surface area contributed by atoms with Gasteiger partial charge in [0.25, 0.3) is 0 Å². The van der Waals surface area contributed by atoms with Crippen LogP contribution in [0.15, 0.2) is 91.4 Å².